The lowest BCUT2D eigenvalue weighted by Gasteiger charge is -2.31. The van der Waals surface area contributed by atoms with Gasteiger partial charge in [-0.05, 0) is 43.1 Å². The van der Waals surface area contributed by atoms with E-state index in [4.69, 9.17) is 0 Å². The van der Waals surface area contributed by atoms with E-state index in [-0.39, 0.29) is 11.5 Å². The minimum absolute atomic E-state index is 0.126. The monoisotopic (exact) mass is 225 g/mol. The van der Waals surface area contributed by atoms with Crippen LogP contribution in [0, 0.1) is 17.3 Å². The zero-order valence-corrected chi connectivity index (χ0v) is 11.2. The molecule has 2 rings (SSSR count). The van der Waals surface area contributed by atoms with Crippen LogP contribution in [0.1, 0.15) is 47.0 Å². The zero-order valence-electron chi connectivity index (χ0n) is 11.2. The van der Waals surface area contributed by atoms with Gasteiger partial charge in [0.05, 0.1) is 6.10 Å². The molecule has 1 saturated heterocycles. The first kappa shape index (κ1) is 12.4. The molecule has 2 nitrogen and oxygen atoms in total. The van der Waals surface area contributed by atoms with Crippen LogP contribution in [0.3, 0.4) is 0 Å². The second-order valence-corrected chi connectivity index (χ2v) is 6.83. The Kier molecular flexibility index (Phi) is 3.33. The predicted molar refractivity (Wildman–Crippen MR) is 67.3 cm³/mol. The number of nitrogens with zero attached hydrogens (tertiary/aromatic N) is 1. The SMILES string of the molecule is CC(C)C1CCN(C2CCC(C)(C)C2O)C1. The smallest absolute Gasteiger partial charge is 0.0746 e. The molecular formula is C14H27NO. The summed E-state index contributed by atoms with van der Waals surface area (Å²) >= 11 is 0. The van der Waals surface area contributed by atoms with Gasteiger partial charge >= 0.3 is 0 Å². The van der Waals surface area contributed by atoms with Crippen LogP contribution in [-0.4, -0.2) is 35.2 Å². The van der Waals surface area contributed by atoms with Crippen LogP contribution < -0.4 is 0 Å². The number of likely N-dealkylation sites (tertiary alicyclic amines) is 1. The van der Waals surface area contributed by atoms with Crippen LogP contribution in [0.5, 0.6) is 0 Å². The molecule has 0 aromatic carbocycles. The van der Waals surface area contributed by atoms with E-state index in [0.717, 1.165) is 11.8 Å². The van der Waals surface area contributed by atoms with Crippen molar-refractivity contribution in [2.75, 3.05) is 13.1 Å². The molecule has 3 atom stereocenters. The van der Waals surface area contributed by atoms with Crippen LogP contribution in [0.25, 0.3) is 0 Å². The highest BCUT2D eigenvalue weighted by Crippen LogP contribution is 2.41. The molecule has 0 radical (unpaired) electrons. The van der Waals surface area contributed by atoms with Crippen molar-refractivity contribution in [3.63, 3.8) is 0 Å². The lowest BCUT2D eigenvalue weighted by molar-refractivity contribution is 0.0207. The average molecular weight is 225 g/mol. The van der Waals surface area contributed by atoms with Crippen molar-refractivity contribution in [1.82, 2.24) is 4.90 Å². The molecule has 1 aliphatic heterocycles. The highest BCUT2D eigenvalue weighted by Gasteiger charge is 2.44. The first-order chi connectivity index (χ1) is 7.42. The van der Waals surface area contributed by atoms with Gasteiger partial charge in [0.25, 0.3) is 0 Å². The van der Waals surface area contributed by atoms with E-state index in [1.165, 1.54) is 32.4 Å². The molecule has 0 aromatic rings. The Labute approximate surface area is 100 Å². The zero-order chi connectivity index (χ0) is 11.9. The lowest BCUT2D eigenvalue weighted by atomic mass is 9.88. The maximum absolute atomic E-state index is 10.4. The molecule has 0 bridgehead atoms. The Balaban J connectivity index is 1.96. The van der Waals surface area contributed by atoms with E-state index in [9.17, 15) is 5.11 Å². The largest absolute Gasteiger partial charge is 0.391 e. The van der Waals surface area contributed by atoms with E-state index < -0.39 is 0 Å². The molecule has 1 heterocycles. The minimum Gasteiger partial charge on any atom is -0.391 e. The number of hydrogen-bond acceptors (Lipinski definition) is 2. The number of aliphatic hydroxyl groups is 1. The van der Waals surface area contributed by atoms with Gasteiger partial charge in [0.2, 0.25) is 0 Å². The van der Waals surface area contributed by atoms with Crippen LogP contribution >= 0.6 is 0 Å². The Bertz CT molecular complexity index is 249. The van der Waals surface area contributed by atoms with Gasteiger partial charge in [-0.3, -0.25) is 4.90 Å². The Morgan fingerprint density at radius 3 is 2.38 bits per heavy atom. The van der Waals surface area contributed by atoms with Crippen LogP contribution in [0.4, 0.5) is 0 Å². The normalized spacial score (nSPS) is 39.8. The van der Waals surface area contributed by atoms with Crippen molar-refractivity contribution in [2.45, 2.75) is 59.1 Å². The van der Waals surface area contributed by atoms with Crippen molar-refractivity contribution in [3.8, 4) is 0 Å². The fraction of sp³-hybridized carbons (Fsp3) is 1.00. The van der Waals surface area contributed by atoms with Gasteiger partial charge in [-0.25, -0.2) is 0 Å². The molecular weight excluding hydrogens is 198 g/mol. The maximum Gasteiger partial charge on any atom is 0.0746 e. The molecule has 1 saturated carbocycles. The summed E-state index contributed by atoms with van der Waals surface area (Å²) in [7, 11) is 0. The quantitative estimate of drug-likeness (QED) is 0.780. The summed E-state index contributed by atoms with van der Waals surface area (Å²) in [6.45, 7) is 11.4. The second-order valence-electron chi connectivity index (χ2n) is 6.83. The predicted octanol–water partition coefficient (Wildman–Crippen LogP) is 2.51. The fourth-order valence-corrected chi connectivity index (χ4v) is 3.39. The van der Waals surface area contributed by atoms with Crippen molar-refractivity contribution in [1.29, 1.82) is 0 Å². The number of aliphatic hydroxyl groups excluding tert-OH is 1. The summed E-state index contributed by atoms with van der Waals surface area (Å²) < 4.78 is 0. The fourth-order valence-electron chi connectivity index (χ4n) is 3.39. The molecule has 0 spiro atoms. The third-order valence-corrected chi connectivity index (χ3v) is 4.92. The summed E-state index contributed by atoms with van der Waals surface area (Å²) in [4.78, 5) is 2.55. The summed E-state index contributed by atoms with van der Waals surface area (Å²) in [6.07, 6.45) is 3.54. The summed E-state index contributed by atoms with van der Waals surface area (Å²) in [6, 6.07) is 0.429. The van der Waals surface area contributed by atoms with Crippen molar-refractivity contribution in [2.24, 2.45) is 17.3 Å². The van der Waals surface area contributed by atoms with Crippen LogP contribution in [-0.2, 0) is 0 Å². The molecule has 0 amide bonds. The van der Waals surface area contributed by atoms with Crippen LogP contribution in [0.2, 0.25) is 0 Å². The molecule has 2 aliphatic rings. The van der Waals surface area contributed by atoms with E-state index in [1.807, 2.05) is 0 Å². The molecule has 1 N–H and O–H groups in total. The van der Waals surface area contributed by atoms with E-state index in [2.05, 4.69) is 32.6 Å². The molecule has 3 unspecified atom stereocenters. The molecule has 16 heavy (non-hydrogen) atoms. The van der Waals surface area contributed by atoms with Gasteiger partial charge in [0.1, 0.15) is 0 Å². The first-order valence-corrected chi connectivity index (χ1v) is 6.84. The van der Waals surface area contributed by atoms with Gasteiger partial charge in [0, 0.05) is 12.6 Å². The Morgan fingerprint density at radius 1 is 1.25 bits per heavy atom. The average Bonchev–Trinajstić information content (AvgIpc) is 2.74. The van der Waals surface area contributed by atoms with Crippen LogP contribution in [0.15, 0.2) is 0 Å². The van der Waals surface area contributed by atoms with Crippen molar-refractivity contribution < 1.29 is 5.11 Å². The number of hydrogen-bond donors (Lipinski definition) is 1. The first-order valence-electron chi connectivity index (χ1n) is 6.84. The maximum atomic E-state index is 10.4. The Morgan fingerprint density at radius 2 is 1.94 bits per heavy atom. The third-order valence-electron chi connectivity index (χ3n) is 4.92. The second kappa shape index (κ2) is 4.30. The van der Waals surface area contributed by atoms with Crippen molar-refractivity contribution in [3.05, 3.63) is 0 Å². The van der Waals surface area contributed by atoms with E-state index in [1.54, 1.807) is 0 Å². The van der Waals surface area contributed by atoms with Gasteiger partial charge in [0.15, 0.2) is 0 Å². The van der Waals surface area contributed by atoms with Gasteiger partial charge in [-0.15, -0.1) is 0 Å². The third kappa shape index (κ3) is 2.14. The molecule has 1 aliphatic carbocycles. The van der Waals surface area contributed by atoms with Crippen molar-refractivity contribution >= 4 is 0 Å². The van der Waals surface area contributed by atoms with E-state index in [0.29, 0.717) is 6.04 Å². The van der Waals surface area contributed by atoms with Gasteiger partial charge in [-0.1, -0.05) is 27.7 Å². The number of rotatable bonds is 2. The molecule has 94 valence electrons. The summed E-state index contributed by atoms with van der Waals surface area (Å²) in [5.74, 6) is 1.63. The van der Waals surface area contributed by atoms with Gasteiger partial charge in [-0.2, -0.15) is 0 Å². The van der Waals surface area contributed by atoms with E-state index >= 15 is 0 Å². The summed E-state index contributed by atoms with van der Waals surface area (Å²) in [5.41, 5.74) is 0.126. The standard InChI is InChI=1S/C14H27NO/c1-10(2)11-6-8-15(9-11)12-5-7-14(3,4)13(12)16/h10-13,16H,5-9H2,1-4H3. The lowest BCUT2D eigenvalue weighted by Crippen LogP contribution is -2.43. The molecule has 2 fully saturated rings. The van der Waals surface area contributed by atoms with Gasteiger partial charge < -0.3 is 5.11 Å². The minimum atomic E-state index is -0.126. The topological polar surface area (TPSA) is 23.5 Å². The Hall–Kier alpha value is -0.0800. The summed E-state index contributed by atoms with van der Waals surface area (Å²) in [5, 5.41) is 10.4. The highest BCUT2D eigenvalue weighted by molar-refractivity contribution is 4.98. The highest BCUT2D eigenvalue weighted by atomic mass is 16.3. The molecule has 2 heteroatoms. The molecule has 0 aromatic heterocycles.